The van der Waals surface area contributed by atoms with Crippen LogP contribution >= 0.6 is 24.4 Å². The largest absolute Gasteiger partial charge is 0.481 e. The number of hydrogen-bond donors (Lipinski definition) is 8. The minimum absolute atomic E-state index is 0.226. The summed E-state index contributed by atoms with van der Waals surface area (Å²) in [6.07, 6.45) is 0.0946. The first-order valence-corrected chi connectivity index (χ1v) is 11.4. The average molecular weight is 483 g/mol. The van der Waals surface area contributed by atoms with E-state index in [-0.39, 0.29) is 12.2 Å². The van der Waals surface area contributed by atoms with E-state index in [4.69, 9.17) is 15.9 Å². The standard InChI is InChI=1S/C17H30N4O8S2/c1-8(22)13(17(28)29)21-16(27)11(7-30)20-15(26)10(3-4-12(23)24)19-14(25)9(18)5-6-31-2/h8-11,13,22,30H,3-7,18H2,1-2H3,(H,19,25)(H,20,26)(H,21,27)(H,23,24)(H,28,29). The highest BCUT2D eigenvalue weighted by molar-refractivity contribution is 7.98. The molecule has 12 nitrogen and oxygen atoms in total. The lowest BCUT2D eigenvalue weighted by Gasteiger charge is -2.24. The molecule has 0 aliphatic rings. The van der Waals surface area contributed by atoms with Crippen molar-refractivity contribution in [2.45, 2.75) is 56.5 Å². The van der Waals surface area contributed by atoms with Crippen molar-refractivity contribution in [3.8, 4) is 0 Å². The molecule has 0 aromatic rings. The van der Waals surface area contributed by atoms with Gasteiger partial charge in [0.2, 0.25) is 17.7 Å². The Morgan fingerprint density at radius 3 is 1.97 bits per heavy atom. The second-order valence-corrected chi connectivity index (χ2v) is 8.04. The van der Waals surface area contributed by atoms with Crippen LogP contribution < -0.4 is 21.7 Å². The molecule has 178 valence electrons. The zero-order valence-corrected chi connectivity index (χ0v) is 18.9. The van der Waals surface area contributed by atoms with Crippen LogP contribution in [0.2, 0.25) is 0 Å². The molecule has 0 spiro atoms. The first-order chi connectivity index (χ1) is 14.4. The topological polar surface area (TPSA) is 208 Å². The normalized spacial score (nSPS) is 15.6. The third-order valence-electron chi connectivity index (χ3n) is 4.11. The van der Waals surface area contributed by atoms with Crippen molar-refractivity contribution < 1.29 is 39.3 Å². The Hall–Kier alpha value is -2.03. The summed E-state index contributed by atoms with van der Waals surface area (Å²) in [5.41, 5.74) is 5.77. The molecule has 5 atom stereocenters. The summed E-state index contributed by atoms with van der Waals surface area (Å²) in [5.74, 6) is -4.71. The zero-order valence-electron chi connectivity index (χ0n) is 17.2. The maximum absolute atomic E-state index is 12.6. The first-order valence-electron chi connectivity index (χ1n) is 9.33. The van der Waals surface area contributed by atoms with E-state index in [0.29, 0.717) is 12.2 Å². The molecule has 5 unspecified atom stereocenters. The lowest BCUT2D eigenvalue weighted by atomic mass is 10.1. The molecule has 0 aromatic carbocycles. The summed E-state index contributed by atoms with van der Waals surface area (Å²) < 4.78 is 0. The van der Waals surface area contributed by atoms with Crippen molar-refractivity contribution in [1.82, 2.24) is 16.0 Å². The number of carboxylic acid groups (broad SMARTS) is 2. The van der Waals surface area contributed by atoms with Crippen LogP contribution in [0.5, 0.6) is 0 Å². The van der Waals surface area contributed by atoms with E-state index in [0.717, 1.165) is 0 Å². The molecule has 0 fully saturated rings. The summed E-state index contributed by atoms with van der Waals surface area (Å²) in [7, 11) is 0. The zero-order chi connectivity index (χ0) is 24.1. The number of carbonyl (C=O) groups is 5. The molecular weight excluding hydrogens is 452 g/mol. The highest BCUT2D eigenvalue weighted by atomic mass is 32.2. The van der Waals surface area contributed by atoms with Gasteiger partial charge in [0.1, 0.15) is 12.1 Å². The van der Waals surface area contributed by atoms with Gasteiger partial charge in [0.05, 0.1) is 12.1 Å². The Bertz CT molecular complexity index is 650. The van der Waals surface area contributed by atoms with Gasteiger partial charge in [-0.15, -0.1) is 0 Å². The third-order valence-corrected chi connectivity index (χ3v) is 5.12. The Labute approximate surface area is 189 Å². The van der Waals surface area contributed by atoms with Crippen LogP contribution in [0, 0.1) is 0 Å². The average Bonchev–Trinajstić information content (AvgIpc) is 2.69. The van der Waals surface area contributed by atoms with E-state index < -0.39 is 66.4 Å². The number of thioether (sulfide) groups is 1. The van der Waals surface area contributed by atoms with Gasteiger partial charge < -0.3 is 37.0 Å². The molecule has 0 bridgehead atoms. The quantitative estimate of drug-likeness (QED) is 0.118. The molecule has 0 aliphatic heterocycles. The van der Waals surface area contributed by atoms with Crippen molar-refractivity contribution in [3.05, 3.63) is 0 Å². The summed E-state index contributed by atoms with van der Waals surface area (Å²) in [5, 5.41) is 34.2. The van der Waals surface area contributed by atoms with Crippen molar-refractivity contribution >= 4 is 54.1 Å². The number of carbonyl (C=O) groups excluding carboxylic acids is 3. The van der Waals surface area contributed by atoms with E-state index in [1.54, 1.807) is 0 Å². The number of nitrogens with one attached hydrogen (secondary N) is 3. The Balaban J connectivity index is 5.25. The second-order valence-electron chi connectivity index (χ2n) is 6.69. The summed E-state index contributed by atoms with van der Waals surface area (Å²) >= 11 is 5.44. The molecule has 0 saturated carbocycles. The molecule has 31 heavy (non-hydrogen) atoms. The molecule has 0 heterocycles. The van der Waals surface area contributed by atoms with Crippen molar-refractivity contribution in [2.75, 3.05) is 17.8 Å². The van der Waals surface area contributed by atoms with E-state index in [1.807, 2.05) is 6.26 Å². The minimum Gasteiger partial charge on any atom is -0.481 e. The summed E-state index contributed by atoms with van der Waals surface area (Å²) in [6.45, 7) is 1.17. The molecule has 8 N–H and O–H groups in total. The number of nitrogens with two attached hydrogens (primary N) is 1. The maximum Gasteiger partial charge on any atom is 0.328 e. The van der Waals surface area contributed by atoms with Crippen LogP contribution in [-0.2, 0) is 24.0 Å². The smallest absolute Gasteiger partial charge is 0.328 e. The van der Waals surface area contributed by atoms with Gasteiger partial charge in [-0.05, 0) is 31.8 Å². The number of amides is 3. The minimum atomic E-state index is -1.61. The van der Waals surface area contributed by atoms with E-state index >= 15 is 0 Å². The second kappa shape index (κ2) is 14.9. The molecule has 14 heteroatoms. The number of rotatable bonds is 15. The van der Waals surface area contributed by atoms with Gasteiger partial charge in [0, 0.05) is 12.2 Å². The number of hydrogen-bond acceptors (Lipinski definition) is 9. The lowest BCUT2D eigenvalue weighted by Crippen LogP contribution is -2.58. The Morgan fingerprint density at radius 1 is 0.968 bits per heavy atom. The van der Waals surface area contributed by atoms with Crippen LogP contribution in [-0.4, -0.2) is 93.0 Å². The Morgan fingerprint density at radius 2 is 1.52 bits per heavy atom. The fraction of sp³-hybridized carbons (Fsp3) is 0.706. The predicted octanol–water partition coefficient (Wildman–Crippen LogP) is -2.22. The van der Waals surface area contributed by atoms with Gasteiger partial charge in [-0.3, -0.25) is 19.2 Å². The van der Waals surface area contributed by atoms with Crippen LogP contribution in [0.25, 0.3) is 0 Å². The molecule has 0 radical (unpaired) electrons. The number of aliphatic hydroxyl groups excluding tert-OH is 1. The number of aliphatic hydroxyl groups is 1. The third kappa shape index (κ3) is 11.2. The first kappa shape index (κ1) is 29.0. The monoisotopic (exact) mass is 482 g/mol. The van der Waals surface area contributed by atoms with E-state index in [2.05, 4.69) is 28.6 Å². The van der Waals surface area contributed by atoms with Gasteiger partial charge >= 0.3 is 11.9 Å². The van der Waals surface area contributed by atoms with Crippen molar-refractivity contribution in [2.24, 2.45) is 5.73 Å². The fourth-order valence-corrected chi connectivity index (χ4v) is 3.05. The van der Waals surface area contributed by atoms with Crippen molar-refractivity contribution in [3.63, 3.8) is 0 Å². The molecular formula is C17H30N4O8S2. The highest BCUT2D eigenvalue weighted by Gasteiger charge is 2.31. The highest BCUT2D eigenvalue weighted by Crippen LogP contribution is 2.04. The van der Waals surface area contributed by atoms with Crippen molar-refractivity contribution in [1.29, 1.82) is 0 Å². The van der Waals surface area contributed by atoms with Gasteiger partial charge in [-0.2, -0.15) is 24.4 Å². The SMILES string of the molecule is CSCCC(N)C(=O)NC(CCC(=O)O)C(=O)NC(CS)C(=O)NC(C(=O)O)C(C)O. The van der Waals surface area contributed by atoms with Crippen LogP contribution in [0.4, 0.5) is 0 Å². The van der Waals surface area contributed by atoms with Crippen LogP contribution in [0.15, 0.2) is 0 Å². The molecule has 3 amide bonds. The summed E-state index contributed by atoms with van der Waals surface area (Å²) in [4.78, 5) is 59.2. The molecule has 0 aromatic heterocycles. The molecule has 0 aliphatic carbocycles. The molecule has 0 saturated heterocycles. The van der Waals surface area contributed by atoms with E-state index in [1.165, 1.54) is 18.7 Å². The fourth-order valence-electron chi connectivity index (χ4n) is 2.30. The number of aliphatic carboxylic acids is 2. The van der Waals surface area contributed by atoms with Gasteiger partial charge in [0.25, 0.3) is 0 Å². The van der Waals surface area contributed by atoms with Gasteiger partial charge in [-0.25, -0.2) is 4.79 Å². The van der Waals surface area contributed by atoms with Crippen LogP contribution in [0.3, 0.4) is 0 Å². The van der Waals surface area contributed by atoms with Crippen LogP contribution in [0.1, 0.15) is 26.2 Å². The lowest BCUT2D eigenvalue weighted by molar-refractivity contribution is -0.145. The maximum atomic E-state index is 12.6. The van der Waals surface area contributed by atoms with E-state index in [9.17, 15) is 29.1 Å². The Kier molecular flexibility index (Phi) is 13.9. The predicted molar refractivity (Wildman–Crippen MR) is 117 cm³/mol. The summed E-state index contributed by atoms with van der Waals surface area (Å²) in [6, 6.07) is -5.10. The van der Waals surface area contributed by atoms with Gasteiger partial charge in [-0.1, -0.05) is 0 Å². The molecule has 0 rings (SSSR count). The number of thiol groups is 1. The number of carboxylic acids is 2. The van der Waals surface area contributed by atoms with Gasteiger partial charge in [0.15, 0.2) is 6.04 Å².